The van der Waals surface area contributed by atoms with Gasteiger partial charge in [-0.2, -0.15) is 0 Å². The minimum atomic E-state index is 0.418. The average molecular weight is 347 g/mol. The van der Waals surface area contributed by atoms with E-state index in [4.69, 9.17) is 5.73 Å². The van der Waals surface area contributed by atoms with Gasteiger partial charge in [-0.25, -0.2) is 15.0 Å². The zero-order chi connectivity index (χ0) is 14.1. The zero-order valence-electron chi connectivity index (χ0n) is 10.7. The molecular formula is C14H11BrN4S. The lowest BCUT2D eigenvalue weighted by Gasteiger charge is -2.07. The summed E-state index contributed by atoms with van der Waals surface area (Å²) >= 11 is 4.98. The quantitative estimate of drug-likeness (QED) is 0.763. The molecule has 3 rings (SSSR count). The van der Waals surface area contributed by atoms with Crippen LogP contribution in [0.2, 0.25) is 0 Å². The van der Waals surface area contributed by atoms with Gasteiger partial charge in [-0.1, -0.05) is 30.3 Å². The van der Waals surface area contributed by atoms with Crippen LogP contribution in [-0.2, 0) is 0 Å². The maximum Gasteiger partial charge on any atom is 0.191 e. The molecule has 3 aromatic rings. The minimum absolute atomic E-state index is 0.418. The minimum Gasteiger partial charge on any atom is -0.383 e. The molecule has 0 aliphatic rings. The summed E-state index contributed by atoms with van der Waals surface area (Å²) in [6, 6.07) is 9.88. The molecule has 100 valence electrons. The second-order valence-electron chi connectivity index (χ2n) is 4.26. The molecule has 2 N–H and O–H groups in total. The standard InChI is InChI=1S/C14H11BrN4S/c1-8-7-20-14(17-8)13-18-11(10(15)12(16)19-13)9-5-3-2-4-6-9/h2-7H,1H3,(H2,16,18,19). The number of rotatable bonds is 2. The monoisotopic (exact) mass is 346 g/mol. The molecule has 0 spiro atoms. The largest absolute Gasteiger partial charge is 0.383 e. The number of halogens is 1. The molecule has 6 heteroatoms. The number of aryl methyl sites for hydroxylation is 1. The number of hydrogen-bond donors (Lipinski definition) is 1. The molecule has 0 saturated carbocycles. The number of anilines is 1. The van der Waals surface area contributed by atoms with Gasteiger partial charge in [-0.15, -0.1) is 11.3 Å². The Kier molecular flexibility index (Phi) is 3.50. The van der Waals surface area contributed by atoms with E-state index < -0.39 is 0 Å². The number of aromatic nitrogens is 3. The van der Waals surface area contributed by atoms with E-state index in [2.05, 4.69) is 30.9 Å². The van der Waals surface area contributed by atoms with Crippen molar-refractivity contribution in [1.29, 1.82) is 0 Å². The van der Waals surface area contributed by atoms with Crippen molar-refractivity contribution < 1.29 is 0 Å². The maximum absolute atomic E-state index is 5.98. The second kappa shape index (κ2) is 5.30. The lowest BCUT2D eigenvalue weighted by atomic mass is 10.1. The van der Waals surface area contributed by atoms with Crippen molar-refractivity contribution in [2.75, 3.05) is 5.73 Å². The molecular weight excluding hydrogens is 336 g/mol. The van der Waals surface area contributed by atoms with Gasteiger partial charge in [-0.05, 0) is 22.9 Å². The highest BCUT2D eigenvalue weighted by Gasteiger charge is 2.14. The Hall–Kier alpha value is -1.79. The second-order valence-corrected chi connectivity index (χ2v) is 5.91. The van der Waals surface area contributed by atoms with E-state index in [1.807, 2.05) is 42.6 Å². The summed E-state index contributed by atoms with van der Waals surface area (Å²) < 4.78 is 0.709. The smallest absolute Gasteiger partial charge is 0.191 e. The first-order chi connectivity index (χ1) is 9.65. The topological polar surface area (TPSA) is 64.7 Å². The van der Waals surface area contributed by atoms with Crippen molar-refractivity contribution in [3.8, 4) is 22.1 Å². The lowest BCUT2D eigenvalue weighted by molar-refractivity contribution is 1.15. The van der Waals surface area contributed by atoms with Crippen molar-refractivity contribution in [2.24, 2.45) is 0 Å². The Morgan fingerprint density at radius 3 is 2.50 bits per heavy atom. The van der Waals surface area contributed by atoms with E-state index in [-0.39, 0.29) is 0 Å². The van der Waals surface area contributed by atoms with Gasteiger partial charge in [0.05, 0.1) is 10.2 Å². The van der Waals surface area contributed by atoms with Crippen LogP contribution >= 0.6 is 27.3 Å². The van der Waals surface area contributed by atoms with Gasteiger partial charge in [0.25, 0.3) is 0 Å². The summed E-state index contributed by atoms with van der Waals surface area (Å²) in [6.07, 6.45) is 0. The zero-order valence-corrected chi connectivity index (χ0v) is 13.1. The fourth-order valence-electron chi connectivity index (χ4n) is 1.80. The summed E-state index contributed by atoms with van der Waals surface area (Å²) in [6.45, 7) is 1.94. The van der Waals surface area contributed by atoms with Crippen LogP contribution in [0.4, 0.5) is 5.82 Å². The Balaban J connectivity index is 2.18. The predicted octanol–water partition coefficient (Wildman–Crippen LogP) is 3.92. The average Bonchev–Trinajstić information content (AvgIpc) is 2.89. The molecule has 0 amide bonds. The van der Waals surface area contributed by atoms with Crippen LogP contribution in [0.15, 0.2) is 40.2 Å². The van der Waals surface area contributed by atoms with Crippen LogP contribution < -0.4 is 5.73 Å². The molecule has 2 heterocycles. The van der Waals surface area contributed by atoms with E-state index in [0.29, 0.717) is 16.1 Å². The molecule has 20 heavy (non-hydrogen) atoms. The van der Waals surface area contributed by atoms with E-state index in [0.717, 1.165) is 22.0 Å². The number of hydrogen-bond acceptors (Lipinski definition) is 5. The van der Waals surface area contributed by atoms with Gasteiger partial charge in [0, 0.05) is 16.6 Å². The van der Waals surface area contributed by atoms with Crippen LogP contribution in [0, 0.1) is 6.92 Å². The van der Waals surface area contributed by atoms with Crippen molar-refractivity contribution in [2.45, 2.75) is 6.92 Å². The predicted molar refractivity (Wildman–Crippen MR) is 85.4 cm³/mol. The van der Waals surface area contributed by atoms with Gasteiger partial charge in [0.1, 0.15) is 5.82 Å². The van der Waals surface area contributed by atoms with Crippen molar-refractivity contribution >= 4 is 33.1 Å². The van der Waals surface area contributed by atoms with E-state index in [1.54, 1.807) is 0 Å². The molecule has 0 aliphatic heterocycles. The number of thiazole rings is 1. The van der Waals surface area contributed by atoms with E-state index in [1.165, 1.54) is 11.3 Å². The van der Waals surface area contributed by atoms with Crippen LogP contribution in [0.3, 0.4) is 0 Å². The van der Waals surface area contributed by atoms with Crippen LogP contribution in [0.25, 0.3) is 22.1 Å². The molecule has 0 aliphatic carbocycles. The third kappa shape index (κ3) is 2.44. The maximum atomic E-state index is 5.98. The van der Waals surface area contributed by atoms with Crippen molar-refractivity contribution in [3.05, 3.63) is 45.9 Å². The van der Waals surface area contributed by atoms with Gasteiger partial charge in [0.2, 0.25) is 0 Å². The fourth-order valence-corrected chi connectivity index (χ4v) is 2.94. The first-order valence-corrected chi connectivity index (χ1v) is 7.63. The number of nitrogens with two attached hydrogens (primary N) is 1. The highest BCUT2D eigenvalue weighted by molar-refractivity contribution is 9.10. The SMILES string of the molecule is Cc1csc(-c2nc(N)c(Br)c(-c3ccccc3)n2)n1. The number of nitrogen functional groups attached to an aromatic ring is 1. The fraction of sp³-hybridized carbons (Fsp3) is 0.0714. The molecule has 0 radical (unpaired) electrons. The molecule has 0 bridgehead atoms. The third-order valence-corrected chi connectivity index (χ3v) is 4.47. The molecule has 1 aromatic carbocycles. The molecule has 4 nitrogen and oxygen atoms in total. The van der Waals surface area contributed by atoms with Gasteiger partial charge in [-0.3, -0.25) is 0 Å². The number of benzene rings is 1. The normalized spacial score (nSPS) is 10.7. The van der Waals surface area contributed by atoms with Crippen LogP contribution in [0.5, 0.6) is 0 Å². The Morgan fingerprint density at radius 2 is 1.85 bits per heavy atom. The summed E-state index contributed by atoms with van der Waals surface area (Å²) in [5.74, 6) is 0.976. The Bertz CT molecular complexity index is 755. The van der Waals surface area contributed by atoms with Crippen LogP contribution in [0.1, 0.15) is 5.69 Å². The molecule has 0 atom stereocenters. The van der Waals surface area contributed by atoms with Gasteiger partial charge in [0.15, 0.2) is 10.8 Å². The Morgan fingerprint density at radius 1 is 1.10 bits per heavy atom. The Labute approximate surface area is 128 Å². The highest BCUT2D eigenvalue weighted by Crippen LogP contribution is 2.32. The third-order valence-electron chi connectivity index (χ3n) is 2.73. The summed E-state index contributed by atoms with van der Waals surface area (Å²) in [5, 5.41) is 2.75. The molecule has 0 unspecified atom stereocenters. The van der Waals surface area contributed by atoms with Crippen molar-refractivity contribution in [3.63, 3.8) is 0 Å². The molecule has 0 saturated heterocycles. The highest BCUT2D eigenvalue weighted by atomic mass is 79.9. The molecule has 2 aromatic heterocycles. The first kappa shape index (κ1) is 13.2. The van der Waals surface area contributed by atoms with Crippen LogP contribution in [-0.4, -0.2) is 15.0 Å². The number of nitrogens with zero attached hydrogens (tertiary/aromatic N) is 3. The van der Waals surface area contributed by atoms with E-state index in [9.17, 15) is 0 Å². The summed E-state index contributed by atoms with van der Waals surface area (Å²) in [5.41, 5.74) is 8.70. The van der Waals surface area contributed by atoms with E-state index >= 15 is 0 Å². The lowest BCUT2D eigenvalue weighted by Crippen LogP contribution is -2.00. The summed E-state index contributed by atoms with van der Waals surface area (Å²) in [4.78, 5) is 13.3. The van der Waals surface area contributed by atoms with Gasteiger partial charge < -0.3 is 5.73 Å². The first-order valence-electron chi connectivity index (χ1n) is 5.96. The summed E-state index contributed by atoms with van der Waals surface area (Å²) in [7, 11) is 0. The van der Waals surface area contributed by atoms with Crippen molar-refractivity contribution in [1.82, 2.24) is 15.0 Å². The van der Waals surface area contributed by atoms with Gasteiger partial charge >= 0.3 is 0 Å². The molecule has 0 fully saturated rings.